The van der Waals surface area contributed by atoms with Crippen LogP contribution < -0.4 is 5.32 Å². The summed E-state index contributed by atoms with van der Waals surface area (Å²) >= 11 is 12.1. The third-order valence-corrected chi connectivity index (χ3v) is 4.40. The van der Waals surface area contributed by atoms with E-state index in [9.17, 15) is 0 Å². The van der Waals surface area contributed by atoms with Gasteiger partial charge in [-0.2, -0.15) is 0 Å². The minimum Gasteiger partial charge on any atom is -0.381 e. The molecule has 5 heteroatoms. The van der Waals surface area contributed by atoms with Gasteiger partial charge in [-0.05, 0) is 31.0 Å². The third-order valence-electron chi connectivity index (χ3n) is 3.85. The molecule has 3 nitrogen and oxygen atoms in total. The van der Waals surface area contributed by atoms with Crippen molar-refractivity contribution in [1.82, 2.24) is 0 Å². The topological polar surface area (TPSA) is 30.5 Å². The van der Waals surface area contributed by atoms with Crippen LogP contribution in [0, 0.1) is 0 Å². The highest BCUT2D eigenvalue weighted by atomic mass is 35.5. The van der Waals surface area contributed by atoms with E-state index in [0.29, 0.717) is 16.1 Å². The number of ether oxygens (including phenoxy) is 2. The monoisotopic (exact) mass is 301 g/mol. The fourth-order valence-corrected chi connectivity index (χ4v) is 3.28. The fraction of sp³-hybridized carbons (Fsp3) is 0.571. The molecule has 2 fully saturated rings. The van der Waals surface area contributed by atoms with Crippen molar-refractivity contribution >= 4 is 28.9 Å². The molecule has 0 amide bonds. The SMILES string of the molecule is Clc1ccc(NC2CCC3(CC2)OCCO3)c(Cl)c1. The summed E-state index contributed by atoms with van der Waals surface area (Å²) in [5.41, 5.74) is 0.945. The smallest absolute Gasteiger partial charge is 0.168 e. The molecule has 3 rings (SSSR count). The summed E-state index contributed by atoms with van der Waals surface area (Å²) in [6.45, 7) is 1.45. The molecule has 1 aliphatic carbocycles. The van der Waals surface area contributed by atoms with E-state index in [-0.39, 0.29) is 5.79 Å². The van der Waals surface area contributed by atoms with Crippen molar-refractivity contribution in [2.24, 2.45) is 0 Å². The van der Waals surface area contributed by atoms with Gasteiger partial charge in [-0.15, -0.1) is 0 Å². The maximum absolute atomic E-state index is 6.17. The van der Waals surface area contributed by atoms with Crippen molar-refractivity contribution in [3.8, 4) is 0 Å². The summed E-state index contributed by atoms with van der Waals surface area (Å²) in [7, 11) is 0. The number of hydrogen-bond acceptors (Lipinski definition) is 3. The van der Waals surface area contributed by atoms with Gasteiger partial charge in [-0.25, -0.2) is 0 Å². The molecule has 2 aliphatic rings. The molecule has 1 heterocycles. The second-order valence-electron chi connectivity index (χ2n) is 5.15. The standard InChI is InChI=1S/C14H17Cl2NO2/c15-10-1-2-13(12(16)9-10)17-11-3-5-14(6-4-11)18-7-8-19-14/h1-2,9,11,17H,3-8H2. The zero-order chi connectivity index (χ0) is 13.3. The Morgan fingerprint density at radius 3 is 2.42 bits per heavy atom. The van der Waals surface area contributed by atoms with Gasteiger partial charge in [0.05, 0.1) is 23.9 Å². The van der Waals surface area contributed by atoms with Gasteiger partial charge in [-0.3, -0.25) is 0 Å². The average molecular weight is 302 g/mol. The van der Waals surface area contributed by atoms with Crippen LogP contribution in [-0.2, 0) is 9.47 Å². The first-order chi connectivity index (χ1) is 9.17. The van der Waals surface area contributed by atoms with E-state index in [2.05, 4.69) is 5.32 Å². The highest BCUT2D eigenvalue weighted by molar-refractivity contribution is 6.36. The lowest BCUT2D eigenvalue weighted by atomic mass is 9.90. The molecule has 0 atom stereocenters. The molecular formula is C14H17Cl2NO2. The van der Waals surface area contributed by atoms with Gasteiger partial charge in [0.1, 0.15) is 0 Å². The number of rotatable bonds is 2. The van der Waals surface area contributed by atoms with Crippen LogP contribution >= 0.6 is 23.2 Å². The molecule has 0 unspecified atom stereocenters. The lowest BCUT2D eigenvalue weighted by Gasteiger charge is -2.36. The van der Waals surface area contributed by atoms with Crippen LogP contribution in [0.5, 0.6) is 0 Å². The van der Waals surface area contributed by atoms with Gasteiger partial charge < -0.3 is 14.8 Å². The van der Waals surface area contributed by atoms with E-state index in [1.54, 1.807) is 6.07 Å². The average Bonchev–Trinajstić information content (AvgIpc) is 2.84. The Bertz CT molecular complexity index is 451. The van der Waals surface area contributed by atoms with Gasteiger partial charge in [0.25, 0.3) is 0 Å². The summed E-state index contributed by atoms with van der Waals surface area (Å²) < 4.78 is 11.5. The summed E-state index contributed by atoms with van der Waals surface area (Å²) in [5, 5.41) is 4.81. The fourth-order valence-electron chi connectivity index (χ4n) is 2.81. The second-order valence-corrected chi connectivity index (χ2v) is 5.99. The van der Waals surface area contributed by atoms with Crippen LogP contribution in [0.15, 0.2) is 18.2 Å². The second kappa shape index (κ2) is 5.49. The maximum Gasteiger partial charge on any atom is 0.168 e. The molecule has 19 heavy (non-hydrogen) atoms. The predicted octanol–water partition coefficient (Wildman–Crippen LogP) is 4.09. The van der Waals surface area contributed by atoms with Crippen molar-refractivity contribution < 1.29 is 9.47 Å². The van der Waals surface area contributed by atoms with Gasteiger partial charge in [0.2, 0.25) is 0 Å². The van der Waals surface area contributed by atoms with E-state index < -0.39 is 0 Å². The van der Waals surface area contributed by atoms with Crippen molar-refractivity contribution in [3.63, 3.8) is 0 Å². The molecule has 1 saturated carbocycles. The van der Waals surface area contributed by atoms with Gasteiger partial charge in [0, 0.05) is 23.9 Å². The van der Waals surface area contributed by atoms with Crippen LogP contribution in [0.3, 0.4) is 0 Å². The van der Waals surface area contributed by atoms with Crippen molar-refractivity contribution in [2.45, 2.75) is 37.5 Å². The van der Waals surface area contributed by atoms with Gasteiger partial charge >= 0.3 is 0 Å². The number of benzene rings is 1. The Morgan fingerprint density at radius 1 is 1.11 bits per heavy atom. The third kappa shape index (κ3) is 3.00. The highest BCUT2D eigenvalue weighted by Gasteiger charge is 2.40. The van der Waals surface area contributed by atoms with Crippen molar-refractivity contribution in [2.75, 3.05) is 18.5 Å². The van der Waals surface area contributed by atoms with Crippen LogP contribution in [0.25, 0.3) is 0 Å². The Hall–Kier alpha value is -0.480. The van der Waals surface area contributed by atoms with Crippen molar-refractivity contribution in [3.05, 3.63) is 28.2 Å². The van der Waals surface area contributed by atoms with Crippen LogP contribution in [0.1, 0.15) is 25.7 Å². The van der Waals surface area contributed by atoms with Crippen LogP contribution in [-0.4, -0.2) is 25.0 Å². The molecule has 1 N–H and O–H groups in total. The summed E-state index contributed by atoms with van der Waals surface area (Å²) in [6.07, 6.45) is 3.93. The minimum absolute atomic E-state index is 0.304. The van der Waals surface area contributed by atoms with Crippen molar-refractivity contribution in [1.29, 1.82) is 0 Å². The zero-order valence-electron chi connectivity index (χ0n) is 10.6. The van der Waals surface area contributed by atoms with E-state index in [1.165, 1.54) is 0 Å². The maximum atomic E-state index is 6.17. The number of nitrogens with one attached hydrogen (secondary N) is 1. The molecule has 0 bridgehead atoms. The normalized spacial score (nSPS) is 22.8. The Morgan fingerprint density at radius 2 is 1.79 bits per heavy atom. The molecular weight excluding hydrogens is 285 g/mol. The van der Waals surface area contributed by atoms with Crippen LogP contribution in [0.4, 0.5) is 5.69 Å². The first-order valence-corrected chi connectivity index (χ1v) is 7.42. The number of halogens is 2. The van der Waals surface area contributed by atoms with Gasteiger partial charge in [0.15, 0.2) is 5.79 Å². The molecule has 104 valence electrons. The summed E-state index contributed by atoms with van der Waals surface area (Å²) in [6, 6.07) is 5.96. The molecule has 1 saturated heterocycles. The Labute approximate surface area is 123 Å². The van der Waals surface area contributed by atoms with E-state index in [1.807, 2.05) is 12.1 Å². The van der Waals surface area contributed by atoms with Crippen LogP contribution in [0.2, 0.25) is 10.0 Å². The first kappa shape index (κ1) is 13.5. The lowest BCUT2D eigenvalue weighted by molar-refractivity contribution is -0.177. The largest absolute Gasteiger partial charge is 0.381 e. The first-order valence-electron chi connectivity index (χ1n) is 6.66. The minimum atomic E-state index is -0.304. The summed E-state index contributed by atoms with van der Waals surface area (Å²) in [4.78, 5) is 0. The molecule has 1 aromatic carbocycles. The Kier molecular flexibility index (Phi) is 3.90. The molecule has 1 aromatic rings. The van der Waals surface area contributed by atoms with Gasteiger partial charge in [-0.1, -0.05) is 23.2 Å². The molecule has 0 radical (unpaired) electrons. The number of hydrogen-bond donors (Lipinski definition) is 1. The zero-order valence-corrected chi connectivity index (χ0v) is 12.1. The molecule has 0 aromatic heterocycles. The van der Waals surface area contributed by atoms with E-state index in [0.717, 1.165) is 44.6 Å². The molecule has 1 spiro atoms. The number of anilines is 1. The van der Waals surface area contributed by atoms with E-state index in [4.69, 9.17) is 32.7 Å². The Balaban J connectivity index is 1.60. The lowest BCUT2D eigenvalue weighted by Crippen LogP contribution is -2.39. The predicted molar refractivity (Wildman–Crippen MR) is 77.0 cm³/mol. The highest BCUT2D eigenvalue weighted by Crippen LogP contribution is 2.37. The van der Waals surface area contributed by atoms with E-state index >= 15 is 0 Å². The summed E-state index contributed by atoms with van der Waals surface area (Å²) in [5.74, 6) is -0.304. The molecule has 1 aliphatic heterocycles. The quantitative estimate of drug-likeness (QED) is 0.892.